The van der Waals surface area contributed by atoms with Gasteiger partial charge in [-0.2, -0.15) is 0 Å². The van der Waals surface area contributed by atoms with E-state index in [9.17, 15) is 22.3 Å². The second-order valence-electron chi connectivity index (χ2n) is 3.77. The van der Waals surface area contributed by atoms with Crippen LogP contribution in [0.4, 0.5) is 14.5 Å². The number of ether oxygens (including phenoxy) is 1. The van der Waals surface area contributed by atoms with Crippen molar-refractivity contribution in [1.29, 1.82) is 0 Å². The van der Waals surface area contributed by atoms with Crippen LogP contribution in [-0.4, -0.2) is 39.9 Å². The van der Waals surface area contributed by atoms with Gasteiger partial charge in [0, 0.05) is 19.7 Å². The second-order valence-corrected chi connectivity index (χ2v) is 5.50. The van der Waals surface area contributed by atoms with Gasteiger partial charge in [-0.1, -0.05) is 0 Å². The third-order valence-corrected chi connectivity index (χ3v) is 3.65. The molecule has 0 radical (unpaired) electrons. The van der Waals surface area contributed by atoms with Crippen LogP contribution in [0, 0.1) is 11.6 Å². The Kier molecular flexibility index (Phi) is 5.18. The summed E-state index contributed by atoms with van der Waals surface area (Å²) in [5.74, 6) is -2.31. The summed E-state index contributed by atoms with van der Waals surface area (Å²) in [6.45, 7) is -0.455. The number of sulfonamides is 1. The lowest BCUT2D eigenvalue weighted by Crippen LogP contribution is -2.34. The zero-order valence-electron chi connectivity index (χ0n) is 10.1. The lowest BCUT2D eigenvalue weighted by atomic mass is 10.3. The predicted octanol–water partition coefficient (Wildman–Crippen LogP) is -0.167. The molecule has 0 aromatic heterocycles. The number of nitrogens with two attached hydrogens (primary N) is 1. The first-order chi connectivity index (χ1) is 8.77. The van der Waals surface area contributed by atoms with E-state index in [2.05, 4.69) is 4.74 Å². The third kappa shape index (κ3) is 4.10. The molecule has 108 valence electrons. The topological polar surface area (TPSA) is 102 Å². The third-order valence-electron chi connectivity index (χ3n) is 2.21. The maximum absolute atomic E-state index is 13.4. The summed E-state index contributed by atoms with van der Waals surface area (Å²) in [5, 5.41) is 9.30. The number of aliphatic hydroxyl groups is 1. The van der Waals surface area contributed by atoms with E-state index in [0.717, 1.165) is 0 Å². The fourth-order valence-corrected chi connectivity index (χ4v) is 2.45. The Labute approximate surface area is 109 Å². The quantitative estimate of drug-likeness (QED) is 0.633. The van der Waals surface area contributed by atoms with Gasteiger partial charge in [0.15, 0.2) is 0 Å². The molecule has 4 N–H and O–H groups in total. The standard InChI is InChI=1S/C10H14F2N2O4S/c1-18-5-6(15)4-14-19(16,17)10-3-9(13)7(11)2-8(10)12/h2-3,6,14-15H,4-5,13H2,1H3. The Morgan fingerprint density at radius 3 is 2.63 bits per heavy atom. The van der Waals surface area contributed by atoms with Gasteiger partial charge >= 0.3 is 0 Å². The van der Waals surface area contributed by atoms with Crippen LogP contribution in [0.3, 0.4) is 0 Å². The molecule has 0 aliphatic heterocycles. The highest BCUT2D eigenvalue weighted by Crippen LogP contribution is 2.20. The van der Waals surface area contributed by atoms with Crippen LogP contribution in [0.15, 0.2) is 17.0 Å². The molecule has 9 heteroatoms. The molecule has 0 aliphatic carbocycles. The van der Waals surface area contributed by atoms with Gasteiger partial charge in [0.2, 0.25) is 10.0 Å². The summed E-state index contributed by atoms with van der Waals surface area (Å²) in [5.41, 5.74) is 4.70. The van der Waals surface area contributed by atoms with Crippen molar-refractivity contribution in [2.24, 2.45) is 0 Å². The number of nitrogen functional groups attached to an aromatic ring is 1. The van der Waals surface area contributed by atoms with E-state index in [1.165, 1.54) is 7.11 Å². The lowest BCUT2D eigenvalue weighted by molar-refractivity contribution is 0.0679. The minimum Gasteiger partial charge on any atom is -0.396 e. The molecule has 1 aromatic carbocycles. The molecule has 0 aliphatic rings. The molecule has 6 nitrogen and oxygen atoms in total. The summed E-state index contributed by atoms with van der Waals surface area (Å²) in [6, 6.07) is 1.06. The number of hydrogen-bond acceptors (Lipinski definition) is 5. The molecule has 0 fully saturated rings. The molecule has 1 atom stereocenters. The van der Waals surface area contributed by atoms with Gasteiger partial charge in [0.1, 0.15) is 16.5 Å². The van der Waals surface area contributed by atoms with Gasteiger partial charge < -0.3 is 15.6 Å². The smallest absolute Gasteiger partial charge is 0.243 e. The number of aliphatic hydroxyl groups excluding tert-OH is 1. The number of nitrogens with one attached hydrogen (secondary N) is 1. The SMILES string of the molecule is COCC(O)CNS(=O)(=O)c1cc(N)c(F)cc1F. The Hall–Kier alpha value is -1.29. The van der Waals surface area contributed by atoms with Crippen molar-refractivity contribution in [3.63, 3.8) is 0 Å². The highest BCUT2D eigenvalue weighted by atomic mass is 32.2. The monoisotopic (exact) mass is 296 g/mol. The van der Waals surface area contributed by atoms with Gasteiger partial charge in [0.25, 0.3) is 0 Å². The molecular weight excluding hydrogens is 282 g/mol. The first-order valence-electron chi connectivity index (χ1n) is 5.19. The van der Waals surface area contributed by atoms with Crippen LogP contribution in [0.25, 0.3) is 0 Å². The van der Waals surface area contributed by atoms with Crippen LogP contribution in [0.2, 0.25) is 0 Å². The predicted molar refractivity (Wildman–Crippen MR) is 63.8 cm³/mol. The number of anilines is 1. The maximum Gasteiger partial charge on any atom is 0.243 e. The number of benzene rings is 1. The average molecular weight is 296 g/mol. The summed E-state index contributed by atoms with van der Waals surface area (Å²) < 4.78 is 56.4. The van der Waals surface area contributed by atoms with E-state index >= 15 is 0 Å². The Morgan fingerprint density at radius 1 is 1.42 bits per heavy atom. The van der Waals surface area contributed by atoms with Crippen LogP contribution >= 0.6 is 0 Å². The number of halogens is 2. The number of methoxy groups -OCH3 is 1. The molecular formula is C10H14F2N2O4S. The number of rotatable bonds is 6. The molecule has 0 spiro atoms. The van der Waals surface area contributed by atoms with Gasteiger partial charge in [0.05, 0.1) is 18.4 Å². The molecule has 1 rings (SSSR count). The minimum atomic E-state index is -4.23. The first kappa shape index (κ1) is 15.8. The zero-order chi connectivity index (χ0) is 14.6. The van der Waals surface area contributed by atoms with Crippen molar-refractivity contribution in [2.45, 2.75) is 11.0 Å². The van der Waals surface area contributed by atoms with Crippen molar-refractivity contribution in [2.75, 3.05) is 26.0 Å². The van der Waals surface area contributed by atoms with Crippen molar-refractivity contribution < 1.29 is 27.0 Å². The fourth-order valence-electron chi connectivity index (χ4n) is 1.29. The summed E-state index contributed by atoms with van der Waals surface area (Å²) in [7, 11) is -2.90. The summed E-state index contributed by atoms with van der Waals surface area (Å²) in [6.07, 6.45) is -1.08. The molecule has 1 unspecified atom stereocenters. The van der Waals surface area contributed by atoms with E-state index in [-0.39, 0.29) is 13.2 Å². The Morgan fingerprint density at radius 2 is 2.05 bits per heavy atom. The second kappa shape index (κ2) is 6.24. The Bertz CT molecular complexity index is 551. The first-order valence-corrected chi connectivity index (χ1v) is 6.67. The maximum atomic E-state index is 13.4. The van der Waals surface area contributed by atoms with E-state index < -0.39 is 38.3 Å². The van der Waals surface area contributed by atoms with E-state index in [4.69, 9.17) is 5.73 Å². The minimum absolute atomic E-state index is 0.0867. The largest absolute Gasteiger partial charge is 0.396 e. The average Bonchev–Trinajstić information content (AvgIpc) is 2.31. The van der Waals surface area contributed by atoms with Gasteiger partial charge in [-0.15, -0.1) is 0 Å². The normalized spacial score (nSPS) is 13.5. The van der Waals surface area contributed by atoms with E-state index in [0.29, 0.717) is 12.1 Å². The zero-order valence-corrected chi connectivity index (χ0v) is 10.9. The summed E-state index contributed by atoms with van der Waals surface area (Å²) in [4.78, 5) is -0.781. The van der Waals surface area contributed by atoms with Crippen LogP contribution < -0.4 is 10.5 Å². The highest BCUT2D eigenvalue weighted by molar-refractivity contribution is 7.89. The van der Waals surface area contributed by atoms with Crippen molar-refractivity contribution in [3.8, 4) is 0 Å². The molecule has 0 heterocycles. The molecule has 0 saturated heterocycles. The lowest BCUT2D eigenvalue weighted by Gasteiger charge is -2.12. The van der Waals surface area contributed by atoms with E-state index in [1.807, 2.05) is 4.72 Å². The van der Waals surface area contributed by atoms with Crippen LogP contribution in [0.1, 0.15) is 0 Å². The number of hydrogen-bond donors (Lipinski definition) is 3. The Balaban J connectivity index is 2.92. The van der Waals surface area contributed by atoms with Crippen LogP contribution in [0.5, 0.6) is 0 Å². The summed E-state index contributed by atoms with van der Waals surface area (Å²) >= 11 is 0. The van der Waals surface area contributed by atoms with Crippen molar-refractivity contribution >= 4 is 15.7 Å². The fraction of sp³-hybridized carbons (Fsp3) is 0.400. The van der Waals surface area contributed by atoms with E-state index in [1.54, 1.807) is 0 Å². The highest BCUT2D eigenvalue weighted by Gasteiger charge is 2.22. The molecule has 19 heavy (non-hydrogen) atoms. The molecule has 0 bridgehead atoms. The van der Waals surface area contributed by atoms with Crippen LogP contribution in [-0.2, 0) is 14.8 Å². The molecule has 0 saturated carbocycles. The van der Waals surface area contributed by atoms with Gasteiger partial charge in [-0.05, 0) is 6.07 Å². The van der Waals surface area contributed by atoms with Crippen molar-refractivity contribution in [3.05, 3.63) is 23.8 Å². The van der Waals surface area contributed by atoms with Gasteiger partial charge in [-0.3, -0.25) is 0 Å². The van der Waals surface area contributed by atoms with Crippen molar-refractivity contribution in [1.82, 2.24) is 4.72 Å². The molecule has 0 amide bonds. The van der Waals surface area contributed by atoms with Gasteiger partial charge in [-0.25, -0.2) is 21.9 Å². The molecule has 1 aromatic rings.